The van der Waals surface area contributed by atoms with Gasteiger partial charge < -0.3 is 30.3 Å². The number of carbonyl (C=O) groups is 1. The van der Waals surface area contributed by atoms with Gasteiger partial charge in [-0.2, -0.15) is 0 Å². The Morgan fingerprint density at radius 2 is 1.93 bits per heavy atom. The largest absolute Gasteiger partial charge is 0.394 e. The molecule has 15 heavy (non-hydrogen) atoms. The molecule has 0 aromatic heterocycles. The molecule has 0 saturated carbocycles. The average molecular weight is 225 g/mol. The molecule has 90 valence electrons. The van der Waals surface area contributed by atoms with Crippen molar-refractivity contribution in [1.29, 1.82) is 0 Å². The molecule has 0 fully saturated rings. The number of aldehydes is 1. The number of hydrogen-bond donors (Lipinski definition) is 5. The van der Waals surface area contributed by atoms with E-state index in [-0.39, 0.29) is 6.29 Å². The summed E-state index contributed by atoms with van der Waals surface area (Å²) in [6.45, 7) is -4.36. The Bertz CT molecular complexity index is 293. The fraction of sp³-hybridized carbons (Fsp3) is 0.889. The van der Waals surface area contributed by atoms with Crippen LogP contribution in [0.4, 0.5) is 0 Å². The smallest absolute Gasteiger partial charge is 0.154 e. The lowest BCUT2D eigenvalue weighted by Gasteiger charge is -2.46. The molecule has 0 aromatic carbocycles. The average Bonchev–Trinajstić information content (AvgIpc) is 2.42. The lowest BCUT2D eigenvalue weighted by atomic mass is 9.71. The monoisotopic (exact) mass is 225 g/mol. The first-order valence-corrected chi connectivity index (χ1v) is 4.03. The van der Waals surface area contributed by atoms with E-state index in [1.807, 2.05) is 0 Å². The zero-order chi connectivity index (χ0) is 14.6. The van der Waals surface area contributed by atoms with Crippen LogP contribution in [0.3, 0.4) is 0 Å². The van der Waals surface area contributed by atoms with E-state index in [1.165, 1.54) is 0 Å². The van der Waals surface area contributed by atoms with Gasteiger partial charge in [-0.1, -0.05) is 0 Å². The molecule has 0 aliphatic rings. The zero-order valence-corrected chi connectivity index (χ0v) is 8.13. The van der Waals surface area contributed by atoms with Crippen LogP contribution >= 0.6 is 0 Å². The van der Waals surface area contributed by atoms with E-state index in [0.717, 1.165) is 0 Å². The lowest BCUT2D eigenvalue weighted by Crippen LogP contribution is -2.69. The predicted octanol–water partition coefficient (Wildman–Crippen LogP) is -2.21. The topological polar surface area (TPSA) is 118 Å². The van der Waals surface area contributed by atoms with Crippen LogP contribution in [0.2, 0.25) is 0 Å². The van der Waals surface area contributed by atoms with Gasteiger partial charge in [-0.15, -0.1) is 0 Å². The summed E-state index contributed by atoms with van der Waals surface area (Å²) in [5, 5.41) is 48.2. The van der Waals surface area contributed by atoms with Gasteiger partial charge in [0.2, 0.25) is 0 Å². The highest BCUT2D eigenvalue weighted by molar-refractivity contribution is 5.64. The number of rotatable bonds is 5. The second-order valence-electron chi connectivity index (χ2n) is 3.53. The fourth-order valence-electron chi connectivity index (χ4n) is 0.899. The highest BCUT2D eigenvalue weighted by atomic mass is 16.4. The van der Waals surface area contributed by atoms with Crippen molar-refractivity contribution in [2.45, 2.75) is 43.6 Å². The van der Waals surface area contributed by atoms with E-state index in [0.29, 0.717) is 0 Å². The molecule has 4 atom stereocenters. The Hall–Kier alpha value is -0.530. The number of aliphatic hydroxyl groups excluding tert-OH is 2. The van der Waals surface area contributed by atoms with Gasteiger partial charge >= 0.3 is 0 Å². The first-order valence-electron chi connectivity index (χ1n) is 6.15. The van der Waals surface area contributed by atoms with Crippen LogP contribution in [0.15, 0.2) is 0 Å². The summed E-state index contributed by atoms with van der Waals surface area (Å²) in [5.74, 6) is 0. The molecule has 0 aromatic rings. The van der Waals surface area contributed by atoms with Gasteiger partial charge in [-0.3, -0.25) is 0 Å². The molecule has 0 aliphatic heterocycles. The summed E-state index contributed by atoms with van der Waals surface area (Å²) in [7, 11) is 0. The Kier molecular flexibility index (Phi) is 2.68. The molecule has 0 aliphatic carbocycles. The molecular weight excluding hydrogens is 204 g/mol. The minimum absolute atomic E-state index is 0.223. The van der Waals surface area contributed by atoms with Crippen LogP contribution in [-0.2, 0) is 4.79 Å². The van der Waals surface area contributed by atoms with Crippen molar-refractivity contribution in [2.75, 3.05) is 6.61 Å². The Morgan fingerprint density at radius 3 is 2.20 bits per heavy atom. The molecule has 0 bridgehead atoms. The maximum Gasteiger partial charge on any atom is 0.154 e. The molecule has 5 N–H and O–H groups in total. The Balaban J connectivity index is 5.83. The number of aliphatic hydroxyl groups is 5. The first kappa shape index (κ1) is 9.68. The number of carbonyl (C=O) groups excluding carboxylic acids is 1. The molecule has 6 heteroatoms. The fourth-order valence-corrected chi connectivity index (χ4v) is 0.899. The van der Waals surface area contributed by atoms with E-state index >= 15 is 0 Å². The van der Waals surface area contributed by atoms with E-state index in [1.54, 1.807) is 0 Å². The molecule has 6 nitrogen and oxygen atoms in total. The van der Waals surface area contributed by atoms with Gasteiger partial charge in [0.15, 0.2) is 6.29 Å². The van der Waals surface area contributed by atoms with E-state index in [9.17, 15) is 25.2 Å². The van der Waals surface area contributed by atoms with Crippen LogP contribution in [0.25, 0.3) is 0 Å². The molecule has 0 unspecified atom stereocenters. The molecule has 0 radical (unpaired) electrons. The standard InChI is InChI=1S/C9H18O6/c1-7(13,5-11)9(3,15)8(2,14)6(12)4-10/h5-6,10,12-15H,4H2,1-3H3/t6-,7+,8-,9-/m1/s1/i1D,2D,3D. The van der Waals surface area contributed by atoms with Gasteiger partial charge in [-0.25, -0.2) is 0 Å². The number of hydrogen-bond acceptors (Lipinski definition) is 6. The maximum atomic E-state index is 10.8. The molecule has 0 heterocycles. The van der Waals surface area contributed by atoms with Crippen LogP contribution in [0.1, 0.15) is 24.8 Å². The summed E-state index contributed by atoms with van der Waals surface area (Å²) < 4.78 is 21.3. The van der Waals surface area contributed by atoms with Crippen LogP contribution in [-0.4, -0.2) is 61.3 Å². The maximum absolute atomic E-state index is 10.8. The van der Waals surface area contributed by atoms with Crippen LogP contribution in [0, 0.1) is 0 Å². The third-order valence-electron chi connectivity index (χ3n) is 2.35. The van der Waals surface area contributed by atoms with Crippen LogP contribution < -0.4 is 0 Å². The molecule has 0 spiro atoms. The van der Waals surface area contributed by atoms with Crippen molar-refractivity contribution in [3.8, 4) is 0 Å². The van der Waals surface area contributed by atoms with Crippen molar-refractivity contribution in [3.63, 3.8) is 0 Å². The second kappa shape index (κ2) is 4.15. The van der Waals surface area contributed by atoms with E-state index in [2.05, 4.69) is 0 Å². The molecule has 0 saturated heterocycles. The van der Waals surface area contributed by atoms with Crippen molar-refractivity contribution >= 4 is 6.29 Å². The third-order valence-corrected chi connectivity index (χ3v) is 2.35. The van der Waals surface area contributed by atoms with Crippen molar-refractivity contribution in [1.82, 2.24) is 0 Å². The summed E-state index contributed by atoms with van der Waals surface area (Å²) in [6, 6.07) is 0. The van der Waals surface area contributed by atoms with Crippen LogP contribution in [0.5, 0.6) is 0 Å². The predicted molar refractivity (Wildman–Crippen MR) is 51.0 cm³/mol. The minimum atomic E-state index is -2.95. The molecule has 0 amide bonds. The van der Waals surface area contributed by atoms with Crippen molar-refractivity contribution < 1.29 is 34.4 Å². The van der Waals surface area contributed by atoms with E-state index < -0.39 is 50.2 Å². The van der Waals surface area contributed by atoms with Crippen molar-refractivity contribution in [2.24, 2.45) is 0 Å². The quantitative estimate of drug-likeness (QED) is 0.339. The molecular formula is C9H18O6. The highest BCUT2D eigenvalue weighted by Gasteiger charge is 2.57. The second-order valence-corrected chi connectivity index (χ2v) is 3.53. The summed E-state index contributed by atoms with van der Waals surface area (Å²) in [6.07, 6.45) is -2.28. The van der Waals surface area contributed by atoms with Gasteiger partial charge in [-0.05, 0) is 20.7 Å². The van der Waals surface area contributed by atoms with E-state index in [4.69, 9.17) is 9.22 Å². The highest BCUT2D eigenvalue weighted by Crippen LogP contribution is 2.34. The van der Waals surface area contributed by atoms with Crippen molar-refractivity contribution in [3.05, 3.63) is 0 Å². The molecule has 0 rings (SSSR count). The third kappa shape index (κ3) is 2.19. The normalized spacial score (nSPS) is 28.5. The Morgan fingerprint density at radius 1 is 1.33 bits per heavy atom. The van der Waals surface area contributed by atoms with Gasteiger partial charge in [0, 0.05) is 4.11 Å². The summed E-state index contributed by atoms with van der Waals surface area (Å²) in [4.78, 5) is 10.8. The zero-order valence-electron chi connectivity index (χ0n) is 11.1. The lowest BCUT2D eigenvalue weighted by molar-refractivity contribution is -0.248. The SMILES string of the molecule is [2H]C[C@@](O)([C@@](O)(C=O)C[2H])[C@@](O)(C[2H])[C@H](O)CO. The first-order chi connectivity index (χ1) is 8.22. The summed E-state index contributed by atoms with van der Waals surface area (Å²) in [5.41, 5.74) is -8.60. The van der Waals surface area contributed by atoms with Gasteiger partial charge in [0.1, 0.15) is 22.9 Å². The Labute approximate surface area is 92.0 Å². The minimum Gasteiger partial charge on any atom is -0.394 e. The van der Waals surface area contributed by atoms with Gasteiger partial charge in [0.05, 0.1) is 6.61 Å². The summed E-state index contributed by atoms with van der Waals surface area (Å²) >= 11 is 0. The van der Waals surface area contributed by atoms with Gasteiger partial charge in [0.25, 0.3) is 0 Å².